The van der Waals surface area contributed by atoms with E-state index in [-0.39, 0.29) is 47.6 Å². The lowest BCUT2D eigenvalue weighted by Crippen LogP contribution is -2.72. The van der Waals surface area contributed by atoms with Crippen molar-refractivity contribution in [2.75, 3.05) is 0 Å². The van der Waals surface area contributed by atoms with Gasteiger partial charge in [-0.05, 0) is 63.0 Å². The number of hydrogen-bond donors (Lipinski definition) is 0. The molecular weight excluding hydrogens is 488 g/mol. The van der Waals surface area contributed by atoms with Crippen LogP contribution in [-0.4, -0.2) is 47.4 Å². The number of carbonyl (C=O) groups is 3. The maximum absolute atomic E-state index is 13.0. The van der Waals surface area contributed by atoms with Crippen molar-refractivity contribution in [1.82, 2.24) is 0 Å². The first-order valence-corrected chi connectivity index (χ1v) is 14.0. The van der Waals surface area contributed by atoms with Crippen LogP contribution in [-0.2, 0) is 33.3 Å². The molecule has 1 spiro atoms. The van der Waals surface area contributed by atoms with E-state index in [1.807, 2.05) is 20.1 Å². The van der Waals surface area contributed by atoms with E-state index in [0.717, 1.165) is 19.3 Å². The van der Waals surface area contributed by atoms with E-state index in [9.17, 15) is 14.4 Å². The zero-order valence-electron chi connectivity index (χ0n) is 23.5. The predicted molar refractivity (Wildman–Crippen MR) is 135 cm³/mol. The van der Waals surface area contributed by atoms with Crippen LogP contribution in [0, 0.1) is 28.1 Å². The van der Waals surface area contributed by atoms with E-state index in [1.54, 1.807) is 6.26 Å². The molecule has 0 N–H and O–H groups in total. The van der Waals surface area contributed by atoms with E-state index in [1.165, 1.54) is 19.4 Å². The molecule has 38 heavy (non-hydrogen) atoms. The van der Waals surface area contributed by atoms with Gasteiger partial charge < -0.3 is 23.4 Å². The highest BCUT2D eigenvalue weighted by atomic mass is 16.6. The summed E-state index contributed by atoms with van der Waals surface area (Å²) in [6, 6.07) is 2.05. The summed E-state index contributed by atoms with van der Waals surface area (Å²) < 4.78 is 30.5. The first-order valence-electron chi connectivity index (χ1n) is 14.0. The Bertz CT molecular complexity index is 1170. The fourth-order valence-electron chi connectivity index (χ4n) is 10.4. The van der Waals surface area contributed by atoms with Crippen molar-refractivity contribution in [2.24, 2.45) is 28.1 Å². The minimum Gasteiger partial charge on any atom is -0.472 e. The lowest BCUT2D eigenvalue weighted by molar-refractivity contribution is -0.264. The molecule has 1 aromatic heterocycles. The van der Waals surface area contributed by atoms with Gasteiger partial charge in [-0.2, -0.15) is 0 Å². The summed E-state index contributed by atoms with van der Waals surface area (Å²) in [7, 11) is 0. The molecule has 2 saturated heterocycles. The van der Waals surface area contributed by atoms with Gasteiger partial charge in [0.2, 0.25) is 0 Å². The third-order valence-corrected chi connectivity index (χ3v) is 11.7. The zero-order valence-corrected chi connectivity index (χ0v) is 23.5. The molecule has 5 aliphatic rings. The van der Waals surface area contributed by atoms with Gasteiger partial charge in [0.25, 0.3) is 0 Å². The zero-order chi connectivity index (χ0) is 27.5. The third kappa shape index (κ3) is 3.04. The Balaban J connectivity index is 1.53. The van der Waals surface area contributed by atoms with Crippen molar-refractivity contribution >= 4 is 17.9 Å². The summed E-state index contributed by atoms with van der Waals surface area (Å²) in [5, 5.41) is 0. The molecule has 2 aliphatic heterocycles. The Morgan fingerprint density at radius 2 is 1.66 bits per heavy atom. The first-order chi connectivity index (χ1) is 17.7. The largest absolute Gasteiger partial charge is 0.472 e. The molecule has 3 aliphatic carbocycles. The Labute approximate surface area is 224 Å². The van der Waals surface area contributed by atoms with Crippen LogP contribution in [0.25, 0.3) is 0 Å². The van der Waals surface area contributed by atoms with Gasteiger partial charge >= 0.3 is 17.9 Å². The van der Waals surface area contributed by atoms with Crippen molar-refractivity contribution in [3.05, 3.63) is 24.2 Å². The van der Waals surface area contributed by atoms with Gasteiger partial charge in [0.1, 0.15) is 23.4 Å². The summed E-state index contributed by atoms with van der Waals surface area (Å²) in [6.07, 6.45) is 5.62. The number of cyclic esters (lactones) is 1. The van der Waals surface area contributed by atoms with E-state index in [0.29, 0.717) is 6.42 Å². The quantitative estimate of drug-likeness (QED) is 0.309. The minimum atomic E-state index is -0.836. The van der Waals surface area contributed by atoms with Crippen LogP contribution in [0.15, 0.2) is 23.0 Å². The Morgan fingerprint density at radius 1 is 0.974 bits per heavy atom. The molecule has 0 aromatic carbocycles. The van der Waals surface area contributed by atoms with Gasteiger partial charge in [-0.15, -0.1) is 0 Å². The van der Waals surface area contributed by atoms with Crippen LogP contribution >= 0.6 is 0 Å². The summed E-state index contributed by atoms with van der Waals surface area (Å²) in [5.41, 5.74) is -1.54. The topological polar surface area (TPSA) is 105 Å². The molecule has 208 valence electrons. The van der Waals surface area contributed by atoms with E-state index in [4.69, 9.17) is 23.4 Å². The maximum atomic E-state index is 13.0. The fraction of sp³-hybridized carbons (Fsp3) is 0.767. The van der Waals surface area contributed by atoms with Gasteiger partial charge in [-0.1, -0.05) is 20.8 Å². The number of rotatable bonds is 3. The maximum Gasteiger partial charge on any atom is 0.310 e. The molecule has 10 atom stereocenters. The smallest absolute Gasteiger partial charge is 0.310 e. The Morgan fingerprint density at radius 3 is 2.29 bits per heavy atom. The molecule has 3 heterocycles. The monoisotopic (exact) mass is 528 g/mol. The Kier molecular flexibility index (Phi) is 5.36. The lowest BCUT2D eigenvalue weighted by Gasteiger charge is -2.67. The molecule has 0 bridgehead atoms. The first kappa shape index (κ1) is 25.9. The van der Waals surface area contributed by atoms with Crippen molar-refractivity contribution in [3.8, 4) is 0 Å². The number of furan rings is 1. The molecule has 10 unspecified atom stereocenters. The van der Waals surface area contributed by atoms with Crippen LogP contribution < -0.4 is 0 Å². The highest BCUT2D eigenvalue weighted by Crippen LogP contribution is 2.82. The number of carbonyl (C=O) groups excluding carboxylic acids is 3. The number of hydrogen-bond acceptors (Lipinski definition) is 8. The molecule has 0 amide bonds. The van der Waals surface area contributed by atoms with E-state index >= 15 is 0 Å². The average Bonchev–Trinajstić information content (AvgIpc) is 3.18. The van der Waals surface area contributed by atoms with Crippen LogP contribution in [0.5, 0.6) is 0 Å². The van der Waals surface area contributed by atoms with Gasteiger partial charge in [-0.3, -0.25) is 14.4 Å². The van der Waals surface area contributed by atoms with Gasteiger partial charge in [0.15, 0.2) is 0 Å². The predicted octanol–water partition coefficient (Wildman–Crippen LogP) is 4.94. The van der Waals surface area contributed by atoms with Crippen LogP contribution in [0.3, 0.4) is 0 Å². The lowest BCUT2D eigenvalue weighted by atomic mass is 9.37. The second kappa shape index (κ2) is 7.86. The molecule has 0 radical (unpaired) electrons. The average molecular weight is 529 g/mol. The SMILES string of the molecule is CC(=O)OC1CC(=O)OC(C)(C)C2CC(OC(C)=O)C3(C)C(CCC4(C)C(c5ccoc5)CC5OC543)C12C. The molecule has 5 fully saturated rings. The van der Waals surface area contributed by atoms with E-state index < -0.39 is 40.2 Å². The second-order valence-corrected chi connectivity index (χ2v) is 13.6. The molecular formula is C30H40O8. The summed E-state index contributed by atoms with van der Waals surface area (Å²) in [4.78, 5) is 38.0. The van der Waals surface area contributed by atoms with Gasteiger partial charge in [-0.25, -0.2) is 0 Å². The Hall–Kier alpha value is -2.35. The van der Waals surface area contributed by atoms with Crippen LogP contribution in [0.2, 0.25) is 0 Å². The highest BCUT2D eigenvalue weighted by Gasteiger charge is 2.87. The number of esters is 3. The number of fused-ring (bicyclic) bond motifs is 3. The fourth-order valence-corrected chi connectivity index (χ4v) is 10.4. The highest BCUT2D eigenvalue weighted by molar-refractivity contribution is 5.73. The molecule has 1 aromatic rings. The summed E-state index contributed by atoms with van der Waals surface area (Å²) >= 11 is 0. The van der Waals surface area contributed by atoms with Crippen molar-refractivity contribution in [2.45, 2.75) is 116 Å². The second-order valence-electron chi connectivity index (χ2n) is 13.6. The van der Waals surface area contributed by atoms with Crippen molar-refractivity contribution in [3.63, 3.8) is 0 Å². The van der Waals surface area contributed by atoms with Crippen molar-refractivity contribution < 1.29 is 37.7 Å². The van der Waals surface area contributed by atoms with Crippen molar-refractivity contribution in [1.29, 1.82) is 0 Å². The molecule has 3 saturated carbocycles. The summed E-state index contributed by atoms with van der Waals surface area (Å²) in [5.74, 6) is -1.09. The standard InChI is InChI=1S/C30H40O8/c1-16(31)35-22-14-25(33)38-26(3,4)21-13-23(36-17(2)32)29(7)20(28(21,22)6)8-10-27(5)19(18-9-11-34-15-18)12-24-30(27,29)37-24/h9,11,15,19-24H,8,10,12-14H2,1-7H3. The minimum absolute atomic E-state index is 0.00696. The third-order valence-electron chi connectivity index (χ3n) is 11.7. The van der Waals surface area contributed by atoms with Gasteiger partial charge in [0.05, 0.1) is 25.1 Å². The van der Waals surface area contributed by atoms with Crippen LogP contribution in [0.4, 0.5) is 0 Å². The van der Waals surface area contributed by atoms with E-state index in [2.05, 4.69) is 26.8 Å². The molecule has 8 heteroatoms. The summed E-state index contributed by atoms with van der Waals surface area (Å²) in [6.45, 7) is 13.4. The van der Waals surface area contributed by atoms with Crippen LogP contribution in [0.1, 0.15) is 92.1 Å². The number of epoxide rings is 1. The molecule has 8 nitrogen and oxygen atoms in total. The van der Waals surface area contributed by atoms with Gasteiger partial charge in [0, 0.05) is 36.0 Å². The normalized spacial score (nSPS) is 48.3. The molecule has 6 rings (SSSR count). The number of ether oxygens (including phenoxy) is 4.